The van der Waals surface area contributed by atoms with E-state index in [1.165, 1.54) is 4.90 Å². The predicted molar refractivity (Wildman–Crippen MR) is 118 cm³/mol. The normalized spacial score (nSPS) is 24.4. The summed E-state index contributed by atoms with van der Waals surface area (Å²) in [6, 6.07) is 12.3. The van der Waals surface area contributed by atoms with Crippen LogP contribution in [0.15, 0.2) is 42.5 Å². The zero-order valence-corrected chi connectivity index (χ0v) is 18.0. The number of hydrogen-bond donors (Lipinski definition) is 2. The van der Waals surface area contributed by atoms with E-state index in [1.54, 1.807) is 0 Å². The molecule has 31 heavy (non-hydrogen) atoms. The van der Waals surface area contributed by atoms with Gasteiger partial charge in [-0.2, -0.15) is 0 Å². The Kier molecular flexibility index (Phi) is 6.23. The molecule has 0 bridgehead atoms. The summed E-state index contributed by atoms with van der Waals surface area (Å²) in [6.45, 7) is 4.15. The molecule has 2 aliphatic heterocycles. The van der Waals surface area contributed by atoms with Crippen LogP contribution in [0.2, 0.25) is 0 Å². The number of amides is 3. The first-order chi connectivity index (χ1) is 15.0. The summed E-state index contributed by atoms with van der Waals surface area (Å²) in [5.74, 6) is -0.786. The molecular weight excluding hydrogens is 394 g/mol. The third kappa shape index (κ3) is 4.28. The Morgan fingerprint density at radius 1 is 1.13 bits per heavy atom. The highest BCUT2D eigenvalue weighted by Crippen LogP contribution is 2.31. The van der Waals surface area contributed by atoms with Crippen LogP contribution in [0.5, 0.6) is 0 Å². The molecule has 4 atom stereocenters. The quantitative estimate of drug-likeness (QED) is 0.774. The molecule has 0 spiro atoms. The van der Waals surface area contributed by atoms with Crippen LogP contribution in [0.1, 0.15) is 39.5 Å². The molecule has 2 fully saturated rings. The van der Waals surface area contributed by atoms with Crippen molar-refractivity contribution in [2.75, 3.05) is 11.9 Å². The molecule has 164 valence electrons. The molecule has 2 N–H and O–H groups in total. The maximum absolute atomic E-state index is 13.3. The van der Waals surface area contributed by atoms with Crippen molar-refractivity contribution < 1.29 is 19.1 Å². The van der Waals surface area contributed by atoms with Crippen LogP contribution in [0.4, 0.5) is 5.69 Å². The highest BCUT2D eigenvalue weighted by molar-refractivity contribution is 6.05. The first kappa shape index (κ1) is 21.3. The Bertz CT molecular complexity index is 986. The molecule has 2 heterocycles. The fourth-order valence-electron chi connectivity index (χ4n) is 4.30. The molecule has 2 unspecified atom stereocenters. The second-order valence-electron chi connectivity index (χ2n) is 8.34. The minimum Gasteiger partial charge on any atom is -0.358 e. The van der Waals surface area contributed by atoms with Crippen molar-refractivity contribution in [3.63, 3.8) is 0 Å². The molecule has 2 aromatic rings. The van der Waals surface area contributed by atoms with Gasteiger partial charge in [0.15, 0.2) is 0 Å². The molecule has 0 aromatic heterocycles. The second-order valence-corrected chi connectivity index (χ2v) is 8.34. The van der Waals surface area contributed by atoms with E-state index in [0.717, 1.165) is 16.5 Å². The average molecular weight is 424 g/mol. The summed E-state index contributed by atoms with van der Waals surface area (Å²) >= 11 is 0. The first-order valence-corrected chi connectivity index (χ1v) is 11.0. The molecule has 0 aliphatic carbocycles. The lowest BCUT2D eigenvalue weighted by atomic mass is 10.1. The monoisotopic (exact) mass is 423 g/mol. The van der Waals surface area contributed by atoms with E-state index in [2.05, 4.69) is 10.6 Å². The minimum absolute atomic E-state index is 0.143. The van der Waals surface area contributed by atoms with Crippen LogP contribution in [0, 0.1) is 5.92 Å². The van der Waals surface area contributed by atoms with Crippen molar-refractivity contribution in [2.45, 2.75) is 57.8 Å². The number of carbonyl (C=O) groups excluding carboxylic acids is 3. The van der Waals surface area contributed by atoms with Crippen LogP contribution in [0.25, 0.3) is 10.8 Å². The van der Waals surface area contributed by atoms with E-state index in [4.69, 9.17) is 4.74 Å². The Morgan fingerprint density at radius 2 is 1.90 bits per heavy atom. The third-order valence-corrected chi connectivity index (χ3v) is 6.33. The van der Waals surface area contributed by atoms with E-state index < -0.39 is 18.3 Å². The maximum atomic E-state index is 13.3. The second kappa shape index (κ2) is 9.06. The Morgan fingerprint density at radius 3 is 2.71 bits per heavy atom. The van der Waals surface area contributed by atoms with Gasteiger partial charge in [-0.05, 0) is 30.7 Å². The zero-order valence-electron chi connectivity index (χ0n) is 18.0. The molecule has 2 aromatic carbocycles. The van der Waals surface area contributed by atoms with E-state index in [-0.39, 0.29) is 23.6 Å². The molecule has 7 nitrogen and oxygen atoms in total. The van der Waals surface area contributed by atoms with Gasteiger partial charge in [0.05, 0.1) is 6.61 Å². The highest BCUT2D eigenvalue weighted by Gasteiger charge is 2.45. The van der Waals surface area contributed by atoms with Crippen LogP contribution >= 0.6 is 0 Å². The summed E-state index contributed by atoms with van der Waals surface area (Å²) in [4.78, 5) is 40.4. The molecule has 4 rings (SSSR count). The van der Waals surface area contributed by atoms with Gasteiger partial charge in [0.1, 0.15) is 18.3 Å². The van der Waals surface area contributed by atoms with Gasteiger partial charge in [-0.1, -0.05) is 50.2 Å². The van der Waals surface area contributed by atoms with E-state index >= 15 is 0 Å². The number of hydrogen-bond acceptors (Lipinski definition) is 4. The van der Waals surface area contributed by atoms with Crippen molar-refractivity contribution in [3.05, 3.63) is 42.5 Å². The van der Waals surface area contributed by atoms with Gasteiger partial charge in [0.25, 0.3) is 0 Å². The number of anilines is 1. The Balaban J connectivity index is 1.53. The van der Waals surface area contributed by atoms with E-state index in [9.17, 15) is 14.4 Å². The SMILES string of the molecule is CC[C@@H](C)C(=O)NC1CCO[C@H]2CCC(C(=O)Nc3cccc4ccccc34)N2C1=O. The number of rotatable bonds is 5. The highest BCUT2D eigenvalue weighted by atomic mass is 16.5. The lowest BCUT2D eigenvalue weighted by Gasteiger charge is -2.30. The van der Waals surface area contributed by atoms with Crippen molar-refractivity contribution >= 4 is 34.2 Å². The fourth-order valence-corrected chi connectivity index (χ4v) is 4.30. The lowest BCUT2D eigenvalue weighted by Crippen LogP contribution is -2.54. The summed E-state index contributed by atoms with van der Waals surface area (Å²) in [5, 5.41) is 7.85. The van der Waals surface area contributed by atoms with Crippen molar-refractivity contribution in [3.8, 4) is 0 Å². The zero-order chi connectivity index (χ0) is 22.0. The summed E-state index contributed by atoms with van der Waals surface area (Å²) in [7, 11) is 0. The molecular formula is C24H29N3O4. The van der Waals surface area contributed by atoms with Crippen molar-refractivity contribution in [1.82, 2.24) is 10.2 Å². The smallest absolute Gasteiger partial charge is 0.247 e. The van der Waals surface area contributed by atoms with Gasteiger partial charge in [-0.15, -0.1) is 0 Å². The van der Waals surface area contributed by atoms with Crippen LogP contribution in [-0.2, 0) is 19.1 Å². The molecule has 2 aliphatic rings. The lowest BCUT2D eigenvalue weighted by molar-refractivity contribution is -0.147. The number of ether oxygens (including phenoxy) is 1. The molecule has 2 saturated heterocycles. The predicted octanol–water partition coefficient (Wildman–Crippen LogP) is 3.05. The van der Waals surface area contributed by atoms with E-state index in [1.807, 2.05) is 56.3 Å². The van der Waals surface area contributed by atoms with Gasteiger partial charge >= 0.3 is 0 Å². The van der Waals surface area contributed by atoms with Gasteiger partial charge < -0.3 is 20.3 Å². The van der Waals surface area contributed by atoms with E-state index in [0.29, 0.717) is 32.3 Å². The number of fused-ring (bicyclic) bond motifs is 2. The number of nitrogens with zero attached hydrogens (tertiary/aromatic N) is 1. The molecule has 0 radical (unpaired) electrons. The summed E-state index contributed by atoms with van der Waals surface area (Å²) in [6.07, 6.45) is 1.81. The first-order valence-electron chi connectivity index (χ1n) is 11.0. The summed E-state index contributed by atoms with van der Waals surface area (Å²) in [5.41, 5.74) is 0.719. The average Bonchev–Trinajstić information content (AvgIpc) is 3.15. The third-order valence-electron chi connectivity index (χ3n) is 6.33. The number of nitrogens with one attached hydrogen (secondary N) is 2. The largest absolute Gasteiger partial charge is 0.358 e. The van der Waals surface area contributed by atoms with Crippen LogP contribution in [0.3, 0.4) is 0 Å². The molecule has 7 heteroatoms. The van der Waals surface area contributed by atoms with Crippen LogP contribution in [-0.4, -0.2) is 47.5 Å². The van der Waals surface area contributed by atoms with Gasteiger partial charge in [-0.25, -0.2) is 0 Å². The molecule has 0 saturated carbocycles. The standard InChI is InChI=1S/C24H29N3O4/c1-3-15(2)22(28)26-19-13-14-31-21-12-11-20(27(21)24(19)30)23(29)25-18-10-6-8-16-7-4-5-9-17(16)18/h4-10,15,19-21H,3,11-14H2,1-2H3,(H,25,29)(H,26,28)/t15-,19?,20?,21+/m1/s1. The number of carbonyl (C=O) groups is 3. The van der Waals surface area contributed by atoms with Gasteiger partial charge in [0.2, 0.25) is 17.7 Å². The van der Waals surface area contributed by atoms with Crippen LogP contribution < -0.4 is 10.6 Å². The topological polar surface area (TPSA) is 87.7 Å². The number of benzene rings is 2. The summed E-state index contributed by atoms with van der Waals surface area (Å²) < 4.78 is 5.87. The Hall–Kier alpha value is -2.93. The van der Waals surface area contributed by atoms with Crippen molar-refractivity contribution in [1.29, 1.82) is 0 Å². The minimum atomic E-state index is -0.669. The molecule has 3 amide bonds. The van der Waals surface area contributed by atoms with Gasteiger partial charge in [0, 0.05) is 23.4 Å². The fraction of sp³-hybridized carbons (Fsp3) is 0.458. The maximum Gasteiger partial charge on any atom is 0.247 e. The Labute approximate surface area is 182 Å². The van der Waals surface area contributed by atoms with Crippen molar-refractivity contribution in [2.24, 2.45) is 5.92 Å². The van der Waals surface area contributed by atoms with Gasteiger partial charge in [-0.3, -0.25) is 14.4 Å².